The van der Waals surface area contributed by atoms with Crippen LogP contribution in [0.25, 0.3) is 0 Å². The van der Waals surface area contributed by atoms with E-state index >= 15 is 0 Å². The van der Waals surface area contributed by atoms with Crippen molar-refractivity contribution in [3.05, 3.63) is 29.8 Å². The second-order valence-corrected chi connectivity index (χ2v) is 13.0. The zero-order valence-electron chi connectivity index (χ0n) is 22.8. The summed E-state index contributed by atoms with van der Waals surface area (Å²) in [4.78, 5) is 11.5. The number of fused-ring (bicyclic) bond motifs is 7. The van der Waals surface area contributed by atoms with E-state index in [4.69, 9.17) is 14.6 Å². The number of carbonyl (C=O) groups is 1. The van der Waals surface area contributed by atoms with Crippen LogP contribution < -0.4 is 4.74 Å². The summed E-state index contributed by atoms with van der Waals surface area (Å²) in [7, 11) is 3.79. The van der Waals surface area contributed by atoms with E-state index in [9.17, 15) is 18.0 Å². The highest BCUT2D eigenvalue weighted by atomic mass is 19.4. The summed E-state index contributed by atoms with van der Waals surface area (Å²) in [5.74, 6) is 1.29. The van der Waals surface area contributed by atoms with Crippen molar-refractivity contribution in [1.82, 2.24) is 5.01 Å². The molecule has 6 rings (SSSR count). The number of methoxy groups -OCH3 is 1. The molecule has 9 atom stereocenters. The second kappa shape index (κ2) is 8.88. The Morgan fingerprint density at radius 1 is 1.03 bits per heavy atom. The maximum Gasteiger partial charge on any atom is 0.490 e. The highest BCUT2D eigenvalue weighted by Crippen LogP contribution is 2.68. The molecule has 4 saturated carbocycles. The van der Waals surface area contributed by atoms with Crippen molar-refractivity contribution in [3.8, 4) is 5.75 Å². The number of rotatable bonds is 3. The Morgan fingerprint density at radius 3 is 2.45 bits per heavy atom. The van der Waals surface area contributed by atoms with Crippen LogP contribution >= 0.6 is 0 Å². The van der Waals surface area contributed by atoms with E-state index in [1.807, 2.05) is 12.1 Å². The number of esters is 1. The Hall–Kier alpha value is -2.25. The molecule has 4 fully saturated rings. The van der Waals surface area contributed by atoms with Crippen molar-refractivity contribution in [2.45, 2.75) is 83.5 Å². The van der Waals surface area contributed by atoms with Gasteiger partial charge < -0.3 is 9.47 Å². The first kappa shape index (κ1) is 26.0. The van der Waals surface area contributed by atoms with Crippen molar-refractivity contribution in [2.75, 3.05) is 14.2 Å². The van der Waals surface area contributed by atoms with E-state index < -0.39 is 18.2 Å². The molecule has 1 aromatic carbocycles. The molecular formula is C30H39F3N2O3. The standard InChI is InChI=1S/C30H39F3N2O3/c1-28-13-11-20(38-27(36)30(31,32)33)15-18(28)7-10-21-23(28)12-14-29(2)24(21)16-22-25(35(3)34-26(22)29)17-5-8-19(37-4)9-6-17/h5-6,8-9,18,20-25H,7,10-16H2,1-4H3/t18-,20-,21+,22+,23-,24-,25+,28-,29-/m0/s1. The van der Waals surface area contributed by atoms with Gasteiger partial charge in [0.25, 0.3) is 0 Å². The zero-order chi connectivity index (χ0) is 27.0. The maximum absolute atomic E-state index is 12.8. The Morgan fingerprint density at radius 2 is 1.76 bits per heavy atom. The molecule has 5 aliphatic rings. The molecule has 1 aromatic rings. The fourth-order valence-electron chi connectivity index (χ4n) is 9.63. The average Bonchev–Trinajstić information content (AvgIpc) is 3.35. The monoisotopic (exact) mass is 532 g/mol. The van der Waals surface area contributed by atoms with Gasteiger partial charge in [-0.25, -0.2) is 4.79 Å². The average molecular weight is 533 g/mol. The minimum Gasteiger partial charge on any atom is -0.497 e. The van der Waals surface area contributed by atoms with E-state index in [0.717, 1.165) is 44.3 Å². The summed E-state index contributed by atoms with van der Waals surface area (Å²) in [5, 5.41) is 7.34. The third-order valence-corrected chi connectivity index (χ3v) is 11.5. The molecule has 0 N–H and O–H groups in total. The number of hydrogen-bond donors (Lipinski definition) is 0. The summed E-state index contributed by atoms with van der Waals surface area (Å²) in [6.07, 6.45) is 1.89. The molecule has 0 radical (unpaired) electrons. The van der Waals surface area contributed by atoms with E-state index in [0.29, 0.717) is 42.4 Å². The lowest BCUT2D eigenvalue weighted by molar-refractivity contribution is -0.210. The van der Waals surface area contributed by atoms with Crippen LogP contribution in [0.4, 0.5) is 13.2 Å². The molecule has 0 aromatic heterocycles. The smallest absolute Gasteiger partial charge is 0.490 e. The fourth-order valence-corrected chi connectivity index (χ4v) is 9.63. The van der Waals surface area contributed by atoms with Crippen LogP contribution in [-0.2, 0) is 9.53 Å². The molecule has 38 heavy (non-hydrogen) atoms. The predicted octanol–water partition coefficient (Wildman–Crippen LogP) is 6.78. The summed E-state index contributed by atoms with van der Waals surface area (Å²) >= 11 is 0. The number of nitrogens with zero attached hydrogens (tertiary/aromatic N) is 2. The minimum absolute atomic E-state index is 0.0943. The predicted molar refractivity (Wildman–Crippen MR) is 137 cm³/mol. The first-order chi connectivity index (χ1) is 18.0. The molecule has 0 bridgehead atoms. The van der Waals surface area contributed by atoms with Gasteiger partial charge in [0.1, 0.15) is 11.9 Å². The highest BCUT2D eigenvalue weighted by molar-refractivity contribution is 5.96. The molecule has 208 valence electrons. The minimum atomic E-state index is -4.92. The number of benzene rings is 1. The lowest BCUT2D eigenvalue weighted by Crippen LogP contribution is -2.54. The van der Waals surface area contributed by atoms with Gasteiger partial charge in [0.05, 0.1) is 13.2 Å². The molecule has 8 heteroatoms. The first-order valence-corrected chi connectivity index (χ1v) is 14.2. The van der Waals surface area contributed by atoms with Crippen molar-refractivity contribution < 1.29 is 27.4 Å². The largest absolute Gasteiger partial charge is 0.497 e. The lowest BCUT2D eigenvalue weighted by atomic mass is 9.45. The molecule has 0 saturated heterocycles. The Labute approximate surface area is 223 Å². The summed E-state index contributed by atoms with van der Waals surface area (Å²) in [6.45, 7) is 4.82. The summed E-state index contributed by atoms with van der Waals surface area (Å²) in [6, 6.07) is 8.64. The van der Waals surface area contributed by atoms with E-state index in [2.05, 4.69) is 38.0 Å². The maximum atomic E-state index is 12.8. The molecule has 1 heterocycles. The number of hydrazone groups is 1. The first-order valence-electron chi connectivity index (χ1n) is 14.2. The fraction of sp³-hybridized carbons (Fsp3) is 0.733. The van der Waals surface area contributed by atoms with Gasteiger partial charge >= 0.3 is 12.1 Å². The molecule has 0 unspecified atom stereocenters. The van der Waals surface area contributed by atoms with Crippen LogP contribution in [0.2, 0.25) is 0 Å². The van der Waals surface area contributed by atoms with E-state index in [1.54, 1.807) is 7.11 Å². The van der Waals surface area contributed by atoms with Crippen molar-refractivity contribution in [2.24, 2.45) is 45.5 Å². The van der Waals surface area contributed by atoms with Crippen LogP contribution in [0.3, 0.4) is 0 Å². The molecule has 4 aliphatic carbocycles. The zero-order valence-corrected chi connectivity index (χ0v) is 22.8. The second-order valence-electron chi connectivity index (χ2n) is 13.0. The van der Waals surface area contributed by atoms with Crippen molar-refractivity contribution in [1.29, 1.82) is 0 Å². The summed E-state index contributed by atoms with van der Waals surface area (Å²) < 4.78 is 48.7. The summed E-state index contributed by atoms with van der Waals surface area (Å²) in [5.41, 5.74) is 2.85. The molecule has 1 aliphatic heterocycles. The van der Waals surface area contributed by atoms with Crippen LogP contribution in [0.5, 0.6) is 5.75 Å². The molecular weight excluding hydrogens is 493 g/mol. The quantitative estimate of drug-likeness (QED) is 0.403. The van der Waals surface area contributed by atoms with Gasteiger partial charge in [-0.2, -0.15) is 18.3 Å². The topological polar surface area (TPSA) is 51.1 Å². The van der Waals surface area contributed by atoms with Crippen molar-refractivity contribution >= 4 is 11.7 Å². The van der Waals surface area contributed by atoms with E-state index in [-0.39, 0.29) is 16.9 Å². The van der Waals surface area contributed by atoms with Gasteiger partial charge in [0, 0.05) is 24.1 Å². The van der Waals surface area contributed by atoms with Crippen LogP contribution in [0.15, 0.2) is 29.4 Å². The molecule has 5 nitrogen and oxygen atoms in total. The van der Waals surface area contributed by atoms with Gasteiger partial charge in [-0.15, -0.1) is 0 Å². The molecule has 0 amide bonds. The van der Waals surface area contributed by atoms with Gasteiger partial charge in [-0.05, 0) is 98.1 Å². The lowest BCUT2D eigenvalue weighted by Gasteiger charge is -2.60. The number of alkyl halides is 3. The van der Waals surface area contributed by atoms with Crippen LogP contribution in [0, 0.1) is 40.4 Å². The number of hydrogen-bond acceptors (Lipinski definition) is 5. The number of carbonyl (C=O) groups excluding carboxylic acids is 1. The Balaban J connectivity index is 1.21. The third-order valence-electron chi connectivity index (χ3n) is 11.5. The number of halogens is 3. The SMILES string of the molecule is COc1ccc([C@@H]2[C@H]3C[C@H]4[C@@H]5CC[C@H]6C[C@@H](OC(=O)C(F)(F)F)CC[C@]6(C)[C@H]5CC[C@]4(C)C3=NN2C)cc1. The van der Waals surface area contributed by atoms with Crippen LogP contribution in [0.1, 0.15) is 76.8 Å². The van der Waals surface area contributed by atoms with Crippen LogP contribution in [-0.4, -0.2) is 43.1 Å². The van der Waals surface area contributed by atoms with Gasteiger partial charge in [0.15, 0.2) is 0 Å². The van der Waals surface area contributed by atoms with Gasteiger partial charge in [-0.3, -0.25) is 5.01 Å². The highest BCUT2D eigenvalue weighted by Gasteiger charge is 2.64. The van der Waals surface area contributed by atoms with E-state index in [1.165, 1.54) is 11.3 Å². The molecule has 0 spiro atoms. The van der Waals surface area contributed by atoms with Crippen molar-refractivity contribution in [3.63, 3.8) is 0 Å². The van der Waals surface area contributed by atoms with Gasteiger partial charge in [0.2, 0.25) is 0 Å². The third kappa shape index (κ3) is 3.87. The Bertz CT molecular complexity index is 1120. The number of ether oxygens (including phenoxy) is 2. The Kier molecular flexibility index (Phi) is 6.08. The normalized spacial score (nSPS) is 41.9. The van der Waals surface area contributed by atoms with Gasteiger partial charge in [-0.1, -0.05) is 26.0 Å².